The Morgan fingerprint density at radius 2 is 1.66 bits per heavy atom. The Labute approximate surface area is 214 Å². The van der Waals surface area contributed by atoms with Crippen molar-refractivity contribution in [1.82, 2.24) is 19.7 Å². The van der Waals surface area contributed by atoms with Crippen molar-refractivity contribution in [3.05, 3.63) is 63.7 Å². The summed E-state index contributed by atoms with van der Waals surface area (Å²) in [6.07, 6.45) is 0. The average molecular weight is 535 g/mol. The van der Waals surface area contributed by atoms with Crippen molar-refractivity contribution in [1.29, 1.82) is 0 Å². The number of benzene rings is 1. The lowest BCUT2D eigenvalue weighted by Gasteiger charge is -2.06. The van der Waals surface area contributed by atoms with Gasteiger partial charge in [-0.25, -0.2) is 18.6 Å². The maximum atomic E-state index is 14.2. The summed E-state index contributed by atoms with van der Waals surface area (Å²) in [5, 5.41) is 14.5. The van der Waals surface area contributed by atoms with Crippen molar-refractivity contribution >= 4 is 40.7 Å². The van der Waals surface area contributed by atoms with Gasteiger partial charge in [0, 0.05) is 27.8 Å². The number of hydrogen-bond acceptors (Lipinski definition) is 6. The number of pyridine rings is 1. The predicted octanol–water partition coefficient (Wildman–Crippen LogP) is 7.11. The standard InChI is InChI=1S/C24H21ClF2N4O2S2/c1-10(2)34-23-20(15-8-16(26)19(25)17(27)9-15)29-24(35-23)31-21(22(32)33)18(13(5)30-31)14-6-11(3)28-12(4)7-14/h6-10H,1-5H3,(H,32,33). The van der Waals surface area contributed by atoms with Gasteiger partial charge in [0.25, 0.3) is 0 Å². The van der Waals surface area contributed by atoms with Crippen molar-refractivity contribution in [3.8, 4) is 27.5 Å². The predicted molar refractivity (Wildman–Crippen MR) is 135 cm³/mol. The Balaban J connectivity index is 1.95. The number of aromatic carboxylic acids is 1. The van der Waals surface area contributed by atoms with Gasteiger partial charge in [-0.1, -0.05) is 36.8 Å². The van der Waals surface area contributed by atoms with E-state index in [2.05, 4.69) is 15.1 Å². The number of hydrogen-bond donors (Lipinski definition) is 1. The molecule has 0 radical (unpaired) electrons. The number of aryl methyl sites for hydroxylation is 3. The summed E-state index contributed by atoms with van der Waals surface area (Å²) < 4.78 is 30.4. The monoisotopic (exact) mass is 534 g/mol. The molecule has 4 rings (SSSR count). The molecule has 0 saturated heterocycles. The Morgan fingerprint density at radius 3 is 2.20 bits per heavy atom. The van der Waals surface area contributed by atoms with Crippen LogP contribution in [0.25, 0.3) is 27.5 Å². The van der Waals surface area contributed by atoms with E-state index in [-0.39, 0.29) is 21.6 Å². The number of carboxylic acids is 1. The van der Waals surface area contributed by atoms with Gasteiger partial charge in [-0.05, 0) is 50.6 Å². The van der Waals surface area contributed by atoms with Gasteiger partial charge in [0.2, 0.25) is 5.13 Å². The molecule has 35 heavy (non-hydrogen) atoms. The Bertz CT molecular complexity index is 1420. The number of rotatable bonds is 6. The number of halogens is 3. The molecule has 182 valence electrons. The molecule has 0 fully saturated rings. The number of nitrogens with zero attached hydrogens (tertiary/aromatic N) is 4. The van der Waals surface area contributed by atoms with Crippen LogP contribution in [0.4, 0.5) is 8.78 Å². The fraction of sp³-hybridized carbons (Fsp3) is 0.250. The van der Waals surface area contributed by atoms with E-state index in [9.17, 15) is 18.7 Å². The second-order valence-electron chi connectivity index (χ2n) is 8.22. The summed E-state index contributed by atoms with van der Waals surface area (Å²) >= 11 is 8.33. The highest BCUT2D eigenvalue weighted by Gasteiger charge is 2.27. The van der Waals surface area contributed by atoms with Crippen LogP contribution < -0.4 is 0 Å². The smallest absolute Gasteiger partial charge is 0.355 e. The van der Waals surface area contributed by atoms with Crippen LogP contribution in [-0.2, 0) is 0 Å². The average Bonchev–Trinajstić information content (AvgIpc) is 3.31. The first-order valence-electron chi connectivity index (χ1n) is 10.6. The summed E-state index contributed by atoms with van der Waals surface area (Å²) in [6, 6.07) is 5.85. The fourth-order valence-electron chi connectivity index (χ4n) is 3.74. The third kappa shape index (κ3) is 4.96. The molecular weight excluding hydrogens is 514 g/mol. The molecule has 1 N–H and O–H groups in total. The number of aromatic nitrogens is 4. The molecule has 3 aromatic heterocycles. The highest BCUT2D eigenvalue weighted by atomic mass is 35.5. The van der Waals surface area contributed by atoms with Gasteiger partial charge >= 0.3 is 5.97 Å². The van der Waals surface area contributed by atoms with E-state index in [0.29, 0.717) is 26.7 Å². The first-order chi connectivity index (χ1) is 16.5. The van der Waals surface area contributed by atoms with E-state index in [1.165, 1.54) is 27.8 Å². The van der Waals surface area contributed by atoms with Crippen LogP contribution in [0.5, 0.6) is 0 Å². The van der Waals surface area contributed by atoms with E-state index >= 15 is 0 Å². The van der Waals surface area contributed by atoms with Crippen molar-refractivity contribution in [2.45, 2.75) is 44.1 Å². The SMILES string of the molecule is Cc1cc(-c2c(C)nn(-c3nc(-c4cc(F)c(Cl)c(F)c4)c(SC(C)C)s3)c2C(=O)O)cc(C)n1. The molecule has 0 amide bonds. The van der Waals surface area contributed by atoms with Gasteiger partial charge in [-0.3, -0.25) is 4.98 Å². The van der Waals surface area contributed by atoms with Crippen molar-refractivity contribution in [3.63, 3.8) is 0 Å². The lowest BCUT2D eigenvalue weighted by atomic mass is 10.0. The van der Waals surface area contributed by atoms with E-state index in [0.717, 1.165) is 23.5 Å². The van der Waals surface area contributed by atoms with Crippen molar-refractivity contribution in [2.24, 2.45) is 0 Å². The molecule has 0 unspecified atom stereocenters. The lowest BCUT2D eigenvalue weighted by Crippen LogP contribution is -2.09. The third-order valence-corrected chi connectivity index (χ3v) is 7.60. The van der Waals surface area contributed by atoms with E-state index in [1.807, 2.05) is 27.7 Å². The molecule has 3 heterocycles. The molecule has 0 aliphatic carbocycles. The molecule has 4 aromatic rings. The van der Waals surface area contributed by atoms with Gasteiger partial charge in [-0.15, -0.1) is 11.8 Å². The molecule has 1 aromatic carbocycles. The van der Waals surface area contributed by atoms with Crippen LogP contribution in [0.15, 0.2) is 28.5 Å². The zero-order valence-corrected chi connectivity index (χ0v) is 21.9. The van der Waals surface area contributed by atoms with Crippen LogP contribution in [0.1, 0.15) is 41.4 Å². The second-order valence-corrected chi connectivity index (χ2v) is 11.4. The Morgan fingerprint density at radius 1 is 1.06 bits per heavy atom. The fourth-order valence-corrected chi connectivity index (χ4v) is 6.33. The van der Waals surface area contributed by atoms with Crippen molar-refractivity contribution in [2.75, 3.05) is 0 Å². The largest absolute Gasteiger partial charge is 0.476 e. The number of carbonyl (C=O) groups is 1. The summed E-state index contributed by atoms with van der Waals surface area (Å²) in [7, 11) is 0. The number of thioether (sulfide) groups is 1. The molecule has 0 atom stereocenters. The third-order valence-electron chi connectivity index (χ3n) is 5.00. The minimum atomic E-state index is -1.17. The first kappa shape index (κ1) is 25.3. The van der Waals surface area contributed by atoms with E-state index < -0.39 is 22.6 Å². The topological polar surface area (TPSA) is 80.9 Å². The molecule has 0 spiro atoms. The van der Waals surface area contributed by atoms with E-state index in [1.54, 1.807) is 19.1 Å². The van der Waals surface area contributed by atoms with Crippen LogP contribution in [-0.4, -0.2) is 36.1 Å². The maximum absolute atomic E-state index is 14.2. The maximum Gasteiger partial charge on any atom is 0.355 e. The molecule has 0 saturated carbocycles. The second kappa shape index (κ2) is 9.67. The van der Waals surface area contributed by atoms with Crippen LogP contribution in [0.2, 0.25) is 5.02 Å². The summed E-state index contributed by atoms with van der Waals surface area (Å²) in [5.74, 6) is -2.97. The van der Waals surface area contributed by atoms with Gasteiger partial charge in [0.1, 0.15) is 16.7 Å². The molecule has 0 aliphatic rings. The van der Waals surface area contributed by atoms with Crippen LogP contribution in [0.3, 0.4) is 0 Å². The van der Waals surface area contributed by atoms with Gasteiger partial charge in [0.15, 0.2) is 5.69 Å². The summed E-state index contributed by atoms with van der Waals surface area (Å²) in [5.41, 5.74) is 3.64. The minimum Gasteiger partial charge on any atom is -0.476 e. The first-order valence-corrected chi connectivity index (χ1v) is 12.6. The molecule has 0 bridgehead atoms. The molecule has 0 aliphatic heterocycles. The van der Waals surface area contributed by atoms with E-state index in [4.69, 9.17) is 11.6 Å². The minimum absolute atomic E-state index is 0.0534. The number of thiazole rings is 1. The molecular formula is C24H21ClF2N4O2S2. The lowest BCUT2D eigenvalue weighted by molar-refractivity contribution is 0.0688. The quantitative estimate of drug-likeness (QED) is 0.210. The normalized spacial score (nSPS) is 11.5. The van der Waals surface area contributed by atoms with Gasteiger partial charge in [-0.2, -0.15) is 9.78 Å². The highest BCUT2D eigenvalue weighted by molar-refractivity contribution is 8.01. The summed E-state index contributed by atoms with van der Waals surface area (Å²) in [6.45, 7) is 9.35. The summed E-state index contributed by atoms with van der Waals surface area (Å²) in [4.78, 5) is 21.4. The van der Waals surface area contributed by atoms with Crippen LogP contribution >= 0.6 is 34.7 Å². The molecule has 11 heteroatoms. The van der Waals surface area contributed by atoms with Gasteiger partial charge in [0.05, 0.1) is 15.6 Å². The van der Waals surface area contributed by atoms with Gasteiger partial charge < -0.3 is 5.11 Å². The van der Waals surface area contributed by atoms with Crippen LogP contribution in [0, 0.1) is 32.4 Å². The number of carboxylic acid groups (broad SMARTS) is 1. The Hall–Kier alpha value is -2.82. The highest BCUT2D eigenvalue weighted by Crippen LogP contribution is 2.41. The van der Waals surface area contributed by atoms with Crippen molar-refractivity contribution < 1.29 is 18.7 Å². The zero-order chi connectivity index (χ0) is 25.6. The zero-order valence-electron chi connectivity index (χ0n) is 19.5. The Kier molecular flexibility index (Phi) is 6.99. The molecule has 6 nitrogen and oxygen atoms in total.